The molecule has 1 unspecified atom stereocenters. The van der Waals surface area contributed by atoms with Crippen molar-refractivity contribution in [2.75, 3.05) is 5.73 Å². The number of nitrogen functional groups attached to an aromatic ring is 1. The molecule has 0 fully saturated rings. The fraction of sp³-hybridized carbons (Fsp3) is 0.235. The molecular formula is C17H18FNO2. The Bertz CT molecular complexity index is 610. The third kappa shape index (κ3) is 4.31. The number of hydrogen-bond donors (Lipinski definition) is 1. The van der Waals surface area contributed by atoms with Gasteiger partial charge >= 0.3 is 5.97 Å². The largest absolute Gasteiger partial charge is 0.461 e. The third-order valence-electron chi connectivity index (χ3n) is 3.32. The highest BCUT2D eigenvalue weighted by Gasteiger charge is 2.13. The molecule has 0 aliphatic rings. The first-order chi connectivity index (χ1) is 10.1. The Labute approximate surface area is 123 Å². The van der Waals surface area contributed by atoms with Crippen molar-refractivity contribution >= 4 is 11.7 Å². The number of benzene rings is 2. The van der Waals surface area contributed by atoms with Crippen LogP contribution in [-0.4, -0.2) is 5.97 Å². The van der Waals surface area contributed by atoms with Crippen molar-refractivity contribution < 1.29 is 13.9 Å². The molecule has 0 saturated heterocycles. The molecule has 0 aliphatic heterocycles. The first-order valence-electron chi connectivity index (χ1n) is 6.80. The lowest BCUT2D eigenvalue weighted by atomic mass is 9.98. The molecule has 0 saturated carbocycles. The number of ether oxygens (including phenoxy) is 1. The maximum atomic E-state index is 13.4. The second-order valence-corrected chi connectivity index (χ2v) is 5.02. The Morgan fingerprint density at radius 2 is 1.86 bits per heavy atom. The van der Waals surface area contributed by atoms with Crippen LogP contribution in [0.3, 0.4) is 0 Å². The van der Waals surface area contributed by atoms with Crippen molar-refractivity contribution in [3.8, 4) is 0 Å². The van der Waals surface area contributed by atoms with Crippen LogP contribution in [0.4, 0.5) is 10.1 Å². The van der Waals surface area contributed by atoms with Crippen molar-refractivity contribution in [1.29, 1.82) is 0 Å². The summed E-state index contributed by atoms with van der Waals surface area (Å²) in [6.45, 7) is 1.90. The number of halogens is 1. The van der Waals surface area contributed by atoms with Crippen LogP contribution in [0.5, 0.6) is 0 Å². The molecule has 2 rings (SSSR count). The number of anilines is 1. The van der Waals surface area contributed by atoms with E-state index in [0.29, 0.717) is 11.3 Å². The summed E-state index contributed by atoms with van der Waals surface area (Å²) in [6.07, 6.45) is 0.248. The first kappa shape index (κ1) is 15.0. The minimum Gasteiger partial charge on any atom is -0.461 e. The fourth-order valence-corrected chi connectivity index (χ4v) is 2.03. The van der Waals surface area contributed by atoms with Gasteiger partial charge in [-0.2, -0.15) is 0 Å². The predicted octanol–water partition coefficient (Wildman–Crippen LogP) is 3.64. The maximum absolute atomic E-state index is 13.4. The SMILES string of the molecule is CC(CC(=O)OCc1ccccc1F)c1ccc(N)cc1. The van der Waals surface area contributed by atoms with Crippen LogP contribution in [0.2, 0.25) is 0 Å². The van der Waals surface area contributed by atoms with Gasteiger partial charge in [-0.05, 0) is 29.7 Å². The zero-order valence-corrected chi connectivity index (χ0v) is 11.9. The van der Waals surface area contributed by atoms with Crippen LogP contribution in [0.15, 0.2) is 48.5 Å². The molecule has 21 heavy (non-hydrogen) atoms. The molecule has 1 atom stereocenters. The molecule has 2 N–H and O–H groups in total. The monoisotopic (exact) mass is 287 g/mol. The molecule has 0 radical (unpaired) electrons. The number of rotatable bonds is 5. The van der Waals surface area contributed by atoms with Gasteiger partial charge in [0, 0.05) is 11.3 Å². The third-order valence-corrected chi connectivity index (χ3v) is 3.32. The van der Waals surface area contributed by atoms with E-state index >= 15 is 0 Å². The highest BCUT2D eigenvalue weighted by molar-refractivity contribution is 5.70. The first-order valence-corrected chi connectivity index (χ1v) is 6.80. The zero-order valence-electron chi connectivity index (χ0n) is 11.9. The number of carbonyl (C=O) groups is 1. The van der Waals surface area contributed by atoms with E-state index in [1.54, 1.807) is 30.3 Å². The topological polar surface area (TPSA) is 52.3 Å². The smallest absolute Gasteiger partial charge is 0.306 e. The molecule has 0 heterocycles. The summed E-state index contributed by atoms with van der Waals surface area (Å²) in [4.78, 5) is 11.8. The molecule has 110 valence electrons. The van der Waals surface area contributed by atoms with E-state index in [1.807, 2.05) is 19.1 Å². The molecule has 4 heteroatoms. The summed E-state index contributed by atoms with van der Waals surface area (Å²) in [5.74, 6) is -0.682. The van der Waals surface area contributed by atoms with Gasteiger partial charge in [0.15, 0.2) is 0 Å². The fourth-order valence-electron chi connectivity index (χ4n) is 2.03. The van der Waals surface area contributed by atoms with Gasteiger partial charge in [-0.3, -0.25) is 4.79 Å². The summed E-state index contributed by atoms with van der Waals surface area (Å²) < 4.78 is 18.5. The van der Waals surface area contributed by atoms with Crippen LogP contribution in [0, 0.1) is 5.82 Å². The number of nitrogens with two attached hydrogens (primary N) is 1. The summed E-state index contributed by atoms with van der Waals surface area (Å²) >= 11 is 0. The quantitative estimate of drug-likeness (QED) is 0.674. The molecule has 0 amide bonds. The van der Waals surface area contributed by atoms with Gasteiger partial charge < -0.3 is 10.5 Å². The van der Waals surface area contributed by atoms with Gasteiger partial charge in [-0.1, -0.05) is 37.3 Å². The lowest BCUT2D eigenvalue weighted by Crippen LogP contribution is -2.09. The maximum Gasteiger partial charge on any atom is 0.306 e. The van der Waals surface area contributed by atoms with Crippen LogP contribution < -0.4 is 5.73 Å². The Hall–Kier alpha value is -2.36. The van der Waals surface area contributed by atoms with Crippen molar-refractivity contribution in [2.45, 2.75) is 25.9 Å². The van der Waals surface area contributed by atoms with Crippen LogP contribution in [0.25, 0.3) is 0 Å². The van der Waals surface area contributed by atoms with Crippen molar-refractivity contribution in [3.63, 3.8) is 0 Å². The van der Waals surface area contributed by atoms with Gasteiger partial charge in [-0.25, -0.2) is 4.39 Å². The Morgan fingerprint density at radius 1 is 1.19 bits per heavy atom. The van der Waals surface area contributed by atoms with Gasteiger partial charge in [0.05, 0.1) is 6.42 Å². The van der Waals surface area contributed by atoms with E-state index in [-0.39, 0.29) is 30.7 Å². The number of esters is 1. The summed E-state index contributed by atoms with van der Waals surface area (Å²) in [5, 5.41) is 0. The molecule has 3 nitrogen and oxygen atoms in total. The van der Waals surface area contributed by atoms with Crippen molar-refractivity contribution in [3.05, 3.63) is 65.5 Å². The molecule has 0 spiro atoms. The van der Waals surface area contributed by atoms with E-state index in [9.17, 15) is 9.18 Å². The second-order valence-electron chi connectivity index (χ2n) is 5.02. The van der Waals surface area contributed by atoms with E-state index in [2.05, 4.69) is 0 Å². The number of carbonyl (C=O) groups excluding carboxylic acids is 1. The lowest BCUT2D eigenvalue weighted by molar-refractivity contribution is -0.145. The normalized spacial score (nSPS) is 11.9. The second kappa shape index (κ2) is 6.88. The highest BCUT2D eigenvalue weighted by atomic mass is 19.1. The van der Waals surface area contributed by atoms with Crippen molar-refractivity contribution in [2.24, 2.45) is 0 Å². The Balaban J connectivity index is 1.87. The van der Waals surface area contributed by atoms with E-state index in [4.69, 9.17) is 10.5 Å². The van der Waals surface area contributed by atoms with Gasteiger partial charge in [0.25, 0.3) is 0 Å². The van der Waals surface area contributed by atoms with Crippen molar-refractivity contribution in [1.82, 2.24) is 0 Å². The molecule has 0 bridgehead atoms. The van der Waals surface area contributed by atoms with E-state index < -0.39 is 0 Å². The summed E-state index contributed by atoms with van der Waals surface area (Å²) in [6, 6.07) is 13.7. The van der Waals surface area contributed by atoms with Gasteiger partial charge in [0.2, 0.25) is 0 Å². The minimum absolute atomic E-state index is 0.0266. The molecule has 0 aromatic heterocycles. The summed E-state index contributed by atoms with van der Waals surface area (Å²) in [7, 11) is 0. The van der Waals surface area contributed by atoms with Gasteiger partial charge in [0.1, 0.15) is 12.4 Å². The summed E-state index contributed by atoms with van der Waals surface area (Å²) in [5.41, 5.74) is 7.72. The van der Waals surface area contributed by atoms with Crippen LogP contribution >= 0.6 is 0 Å². The molecule has 0 aliphatic carbocycles. The highest BCUT2D eigenvalue weighted by Crippen LogP contribution is 2.21. The average Bonchev–Trinajstić information content (AvgIpc) is 2.47. The van der Waals surface area contributed by atoms with E-state index in [0.717, 1.165) is 5.56 Å². The Kier molecular flexibility index (Phi) is 4.93. The predicted molar refractivity (Wildman–Crippen MR) is 80.1 cm³/mol. The Morgan fingerprint density at radius 3 is 2.52 bits per heavy atom. The lowest BCUT2D eigenvalue weighted by Gasteiger charge is -2.12. The van der Waals surface area contributed by atoms with E-state index in [1.165, 1.54) is 6.07 Å². The standard InChI is InChI=1S/C17H18FNO2/c1-12(13-6-8-15(19)9-7-13)10-17(20)21-11-14-4-2-3-5-16(14)18/h2-9,12H,10-11,19H2,1H3. The number of hydrogen-bond acceptors (Lipinski definition) is 3. The zero-order chi connectivity index (χ0) is 15.2. The molecule has 2 aromatic rings. The van der Waals surface area contributed by atoms with Crippen LogP contribution in [-0.2, 0) is 16.1 Å². The minimum atomic E-state index is -0.364. The molecule has 2 aromatic carbocycles. The molecular weight excluding hydrogens is 269 g/mol. The average molecular weight is 287 g/mol. The van der Waals surface area contributed by atoms with Gasteiger partial charge in [-0.15, -0.1) is 0 Å². The van der Waals surface area contributed by atoms with Crippen LogP contribution in [0.1, 0.15) is 30.4 Å².